The summed E-state index contributed by atoms with van der Waals surface area (Å²) in [6, 6.07) is 1.94. The van der Waals surface area contributed by atoms with Crippen LogP contribution in [0.3, 0.4) is 0 Å². The molecule has 1 aromatic heterocycles. The molecule has 1 heterocycles. The van der Waals surface area contributed by atoms with Crippen molar-refractivity contribution in [3.63, 3.8) is 0 Å². The number of carbonyl (C=O) groups is 1. The maximum absolute atomic E-state index is 10.9. The second kappa shape index (κ2) is 2.69. The highest BCUT2D eigenvalue weighted by Crippen LogP contribution is 2.07. The number of Topliss-reactive ketones (excluding diaryl/α,β-unsaturated/α-hetero) is 1. The summed E-state index contributed by atoms with van der Waals surface area (Å²) in [5.41, 5.74) is 1.86. The molecular weight excluding hydrogens is 126 g/mol. The quantitative estimate of drug-likeness (QED) is 0.619. The van der Waals surface area contributed by atoms with Crippen LogP contribution in [0.15, 0.2) is 12.3 Å². The van der Waals surface area contributed by atoms with Crippen molar-refractivity contribution in [2.24, 2.45) is 0 Å². The largest absolute Gasteiger partial charge is 0.359 e. The van der Waals surface area contributed by atoms with Gasteiger partial charge in [-0.25, -0.2) is 0 Å². The number of nitrogens with one attached hydrogen (secondary N) is 1. The molecule has 2 nitrogen and oxygen atoms in total. The van der Waals surface area contributed by atoms with Crippen molar-refractivity contribution in [2.45, 2.75) is 20.3 Å². The van der Waals surface area contributed by atoms with Gasteiger partial charge >= 0.3 is 0 Å². The van der Waals surface area contributed by atoms with Gasteiger partial charge in [-0.15, -0.1) is 0 Å². The van der Waals surface area contributed by atoms with Gasteiger partial charge in [0.1, 0.15) is 0 Å². The Bertz CT molecular complexity index is 237. The van der Waals surface area contributed by atoms with Crippen LogP contribution in [-0.4, -0.2) is 10.8 Å². The monoisotopic (exact) mass is 137 g/mol. The Kier molecular flexibility index (Phi) is 1.90. The summed E-state index contributed by atoms with van der Waals surface area (Å²) in [6.45, 7) is 3.61. The Morgan fingerprint density at radius 1 is 1.70 bits per heavy atom. The van der Waals surface area contributed by atoms with Gasteiger partial charge in [-0.2, -0.15) is 0 Å². The minimum Gasteiger partial charge on any atom is -0.359 e. The third-order valence-electron chi connectivity index (χ3n) is 1.57. The number of ketones is 1. The standard InChI is InChI=1S/C8H11NO/c1-3-7-4-5-9-8(7)6(2)10/h4-5,9H,3H2,1-2H3. The van der Waals surface area contributed by atoms with Crippen molar-refractivity contribution in [2.75, 3.05) is 0 Å². The van der Waals surface area contributed by atoms with E-state index in [1.807, 2.05) is 13.0 Å². The first-order valence-corrected chi connectivity index (χ1v) is 3.43. The summed E-state index contributed by atoms with van der Waals surface area (Å²) in [7, 11) is 0. The minimum atomic E-state index is 0.113. The van der Waals surface area contributed by atoms with Crippen LogP contribution in [-0.2, 0) is 6.42 Å². The number of H-pyrrole nitrogens is 1. The molecule has 0 bridgehead atoms. The third kappa shape index (κ3) is 1.10. The average molecular weight is 137 g/mol. The van der Waals surface area contributed by atoms with E-state index in [1.54, 1.807) is 13.1 Å². The number of aromatic amines is 1. The topological polar surface area (TPSA) is 32.9 Å². The van der Waals surface area contributed by atoms with Crippen LogP contribution in [0.4, 0.5) is 0 Å². The van der Waals surface area contributed by atoms with Gasteiger partial charge in [-0.1, -0.05) is 6.92 Å². The molecule has 0 aromatic carbocycles. The smallest absolute Gasteiger partial charge is 0.176 e. The second-order valence-electron chi connectivity index (χ2n) is 2.29. The van der Waals surface area contributed by atoms with E-state index < -0.39 is 0 Å². The first-order chi connectivity index (χ1) is 4.75. The van der Waals surface area contributed by atoms with Gasteiger partial charge in [0.05, 0.1) is 5.69 Å². The summed E-state index contributed by atoms with van der Waals surface area (Å²) < 4.78 is 0. The zero-order valence-electron chi connectivity index (χ0n) is 6.27. The van der Waals surface area contributed by atoms with E-state index in [1.165, 1.54) is 0 Å². The predicted molar refractivity (Wildman–Crippen MR) is 40.2 cm³/mol. The Hall–Kier alpha value is -1.05. The first kappa shape index (κ1) is 7.06. The molecule has 0 radical (unpaired) electrons. The molecule has 2 heteroatoms. The normalized spacial score (nSPS) is 9.80. The summed E-state index contributed by atoms with van der Waals surface area (Å²) in [6.07, 6.45) is 2.72. The molecule has 0 atom stereocenters. The van der Waals surface area contributed by atoms with Crippen LogP contribution >= 0.6 is 0 Å². The summed E-state index contributed by atoms with van der Waals surface area (Å²) in [4.78, 5) is 13.8. The SMILES string of the molecule is CCc1cc[nH]c1C(C)=O. The Morgan fingerprint density at radius 3 is 2.80 bits per heavy atom. The molecule has 0 spiro atoms. The van der Waals surface area contributed by atoms with Gasteiger partial charge in [-0.05, 0) is 18.1 Å². The zero-order valence-corrected chi connectivity index (χ0v) is 6.27. The van der Waals surface area contributed by atoms with Gasteiger partial charge in [-0.3, -0.25) is 4.79 Å². The molecule has 1 rings (SSSR count). The van der Waals surface area contributed by atoms with Crippen LogP contribution in [0.2, 0.25) is 0 Å². The fraction of sp³-hybridized carbons (Fsp3) is 0.375. The molecule has 54 valence electrons. The molecule has 0 saturated heterocycles. The lowest BCUT2D eigenvalue weighted by atomic mass is 10.1. The van der Waals surface area contributed by atoms with Gasteiger partial charge < -0.3 is 4.98 Å². The van der Waals surface area contributed by atoms with Crippen molar-refractivity contribution in [1.29, 1.82) is 0 Å². The van der Waals surface area contributed by atoms with Crippen molar-refractivity contribution in [1.82, 2.24) is 4.98 Å². The second-order valence-corrected chi connectivity index (χ2v) is 2.29. The molecule has 0 saturated carbocycles. The lowest BCUT2D eigenvalue weighted by molar-refractivity contribution is 0.101. The van der Waals surface area contributed by atoms with E-state index >= 15 is 0 Å². The number of rotatable bonds is 2. The highest BCUT2D eigenvalue weighted by atomic mass is 16.1. The van der Waals surface area contributed by atoms with Crippen LogP contribution in [0, 0.1) is 0 Å². The molecule has 10 heavy (non-hydrogen) atoms. The van der Waals surface area contributed by atoms with E-state index in [0.717, 1.165) is 17.7 Å². The van der Waals surface area contributed by atoms with E-state index in [-0.39, 0.29) is 5.78 Å². The number of hydrogen-bond donors (Lipinski definition) is 1. The lowest BCUT2D eigenvalue weighted by Gasteiger charge is -1.93. The highest BCUT2D eigenvalue weighted by Gasteiger charge is 2.04. The number of aromatic nitrogens is 1. The Morgan fingerprint density at radius 2 is 2.40 bits per heavy atom. The summed E-state index contributed by atoms with van der Waals surface area (Å²) in [5, 5.41) is 0. The van der Waals surface area contributed by atoms with E-state index in [4.69, 9.17) is 0 Å². The fourth-order valence-electron chi connectivity index (χ4n) is 1.02. The molecule has 0 fully saturated rings. The van der Waals surface area contributed by atoms with Crippen LogP contribution in [0.5, 0.6) is 0 Å². The molecule has 0 aliphatic heterocycles. The summed E-state index contributed by atoms with van der Waals surface area (Å²) >= 11 is 0. The molecular formula is C8H11NO. The molecule has 1 aromatic rings. The number of hydrogen-bond acceptors (Lipinski definition) is 1. The predicted octanol–water partition coefficient (Wildman–Crippen LogP) is 1.78. The van der Waals surface area contributed by atoms with Gasteiger partial charge in [0.2, 0.25) is 0 Å². The lowest BCUT2D eigenvalue weighted by Crippen LogP contribution is -1.95. The zero-order chi connectivity index (χ0) is 7.56. The van der Waals surface area contributed by atoms with Crippen LogP contribution in [0.1, 0.15) is 29.9 Å². The third-order valence-corrected chi connectivity index (χ3v) is 1.57. The van der Waals surface area contributed by atoms with Crippen molar-refractivity contribution >= 4 is 5.78 Å². The molecule has 0 aliphatic rings. The summed E-state index contributed by atoms with van der Waals surface area (Å²) in [5.74, 6) is 0.113. The maximum Gasteiger partial charge on any atom is 0.176 e. The molecule has 0 unspecified atom stereocenters. The highest BCUT2D eigenvalue weighted by molar-refractivity contribution is 5.93. The van der Waals surface area contributed by atoms with Gasteiger partial charge in [0.25, 0.3) is 0 Å². The fourth-order valence-corrected chi connectivity index (χ4v) is 1.02. The molecule has 0 aliphatic carbocycles. The number of aryl methyl sites for hydroxylation is 1. The Balaban J connectivity index is 3.01. The van der Waals surface area contributed by atoms with E-state index in [9.17, 15) is 4.79 Å². The van der Waals surface area contributed by atoms with Crippen molar-refractivity contribution in [3.05, 3.63) is 23.5 Å². The Labute approximate surface area is 60.3 Å². The van der Waals surface area contributed by atoms with Crippen molar-refractivity contribution in [3.8, 4) is 0 Å². The minimum absolute atomic E-state index is 0.113. The maximum atomic E-state index is 10.9. The first-order valence-electron chi connectivity index (χ1n) is 3.43. The van der Waals surface area contributed by atoms with E-state index in [0.29, 0.717) is 0 Å². The van der Waals surface area contributed by atoms with Crippen LogP contribution in [0.25, 0.3) is 0 Å². The van der Waals surface area contributed by atoms with E-state index in [2.05, 4.69) is 4.98 Å². The molecule has 1 N–H and O–H groups in total. The molecule has 0 amide bonds. The average Bonchev–Trinajstić information content (AvgIpc) is 2.33. The van der Waals surface area contributed by atoms with Gasteiger partial charge in [0.15, 0.2) is 5.78 Å². The number of carbonyl (C=O) groups excluding carboxylic acids is 1. The van der Waals surface area contributed by atoms with Crippen LogP contribution < -0.4 is 0 Å². The van der Waals surface area contributed by atoms with Crippen molar-refractivity contribution < 1.29 is 4.79 Å². The van der Waals surface area contributed by atoms with Gasteiger partial charge in [0, 0.05) is 13.1 Å².